The van der Waals surface area contributed by atoms with Crippen molar-refractivity contribution in [2.45, 2.75) is 31.6 Å². The minimum absolute atomic E-state index is 0.133. The average Bonchev–Trinajstić information content (AvgIpc) is 2.70. The van der Waals surface area contributed by atoms with Gasteiger partial charge in [0.25, 0.3) is 0 Å². The predicted molar refractivity (Wildman–Crippen MR) is 75.0 cm³/mol. The van der Waals surface area contributed by atoms with E-state index in [0.717, 1.165) is 24.4 Å². The summed E-state index contributed by atoms with van der Waals surface area (Å²) in [6, 6.07) is 3.91. The molecule has 5 heteroatoms. The number of nitrogens with one attached hydrogen (secondary N) is 1. The Balaban J connectivity index is 2.23. The zero-order chi connectivity index (χ0) is 12.7. The van der Waals surface area contributed by atoms with Gasteiger partial charge in [0.05, 0.1) is 6.42 Å². The largest absolute Gasteiger partial charge is 0.481 e. The third kappa shape index (κ3) is 6.10. The van der Waals surface area contributed by atoms with Crippen LogP contribution in [0.4, 0.5) is 0 Å². The van der Waals surface area contributed by atoms with Gasteiger partial charge < -0.3 is 10.4 Å². The van der Waals surface area contributed by atoms with Gasteiger partial charge in [-0.15, -0.1) is 11.3 Å². The highest BCUT2D eigenvalue weighted by molar-refractivity contribution is 7.99. The number of rotatable bonds is 8. The van der Waals surface area contributed by atoms with E-state index in [9.17, 15) is 4.79 Å². The molecule has 0 spiro atoms. The Kier molecular flexibility index (Phi) is 6.62. The van der Waals surface area contributed by atoms with Crippen molar-refractivity contribution >= 4 is 29.1 Å². The van der Waals surface area contributed by atoms with Crippen molar-refractivity contribution in [3.63, 3.8) is 0 Å². The van der Waals surface area contributed by atoms with E-state index in [1.54, 1.807) is 11.3 Å². The van der Waals surface area contributed by atoms with Gasteiger partial charge in [0.15, 0.2) is 0 Å². The van der Waals surface area contributed by atoms with Crippen LogP contribution in [0.1, 0.15) is 23.1 Å². The summed E-state index contributed by atoms with van der Waals surface area (Å²) in [4.78, 5) is 12.7. The van der Waals surface area contributed by atoms with Crippen molar-refractivity contribution in [3.8, 4) is 0 Å². The Morgan fingerprint density at radius 2 is 2.24 bits per heavy atom. The molecule has 1 aromatic heterocycles. The second kappa shape index (κ2) is 7.74. The summed E-state index contributed by atoms with van der Waals surface area (Å²) in [5, 5.41) is 12.7. The van der Waals surface area contributed by atoms with Gasteiger partial charge in [-0.3, -0.25) is 4.79 Å². The van der Waals surface area contributed by atoms with E-state index in [1.807, 2.05) is 23.9 Å². The maximum Gasteiger partial charge on any atom is 0.308 e. The van der Waals surface area contributed by atoms with Crippen molar-refractivity contribution in [3.05, 3.63) is 21.9 Å². The molecule has 0 aliphatic carbocycles. The quantitative estimate of drug-likeness (QED) is 0.715. The van der Waals surface area contributed by atoms with E-state index in [4.69, 9.17) is 5.11 Å². The maximum atomic E-state index is 10.5. The fraction of sp³-hybridized carbons (Fsp3) is 0.583. The summed E-state index contributed by atoms with van der Waals surface area (Å²) in [7, 11) is 0. The molecule has 1 aromatic rings. The average molecular weight is 273 g/mol. The molecule has 17 heavy (non-hydrogen) atoms. The van der Waals surface area contributed by atoms with E-state index < -0.39 is 5.97 Å². The lowest BCUT2D eigenvalue weighted by molar-refractivity contribution is -0.136. The van der Waals surface area contributed by atoms with Gasteiger partial charge in [0.1, 0.15) is 0 Å². The third-order valence-electron chi connectivity index (χ3n) is 2.47. The first-order chi connectivity index (χ1) is 8.11. The molecule has 3 nitrogen and oxygen atoms in total. The first kappa shape index (κ1) is 14.5. The van der Waals surface area contributed by atoms with Crippen molar-refractivity contribution in [2.24, 2.45) is 0 Å². The fourth-order valence-corrected chi connectivity index (χ4v) is 2.73. The molecule has 0 saturated heterocycles. The van der Waals surface area contributed by atoms with Crippen LogP contribution in [-0.2, 0) is 17.8 Å². The lowest BCUT2D eigenvalue weighted by atomic mass is 10.3. The predicted octanol–water partition coefficient (Wildman–Crippen LogP) is 2.61. The van der Waals surface area contributed by atoms with E-state index in [-0.39, 0.29) is 6.42 Å². The van der Waals surface area contributed by atoms with Crippen LogP contribution in [-0.4, -0.2) is 29.1 Å². The molecule has 1 atom stereocenters. The summed E-state index contributed by atoms with van der Waals surface area (Å²) < 4.78 is 0. The smallest absolute Gasteiger partial charge is 0.308 e. The van der Waals surface area contributed by atoms with Crippen LogP contribution in [0.25, 0.3) is 0 Å². The Morgan fingerprint density at radius 1 is 1.53 bits per heavy atom. The molecule has 0 aliphatic rings. The molecule has 0 saturated carbocycles. The van der Waals surface area contributed by atoms with Crippen LogP contribution in [0.15, 0.2) is 12.1 Å². The normalized spacial score (nSPS) is 12.6. The van der Waals surface area contributed by atoms with E-state index in [2.05, 4.69) is 18.5 Å². The summed E-state index contributed by atoms with van der Waals surface area (Å²) in [6.07, 6.45) is 3.42. The number of thioether (sulfide) groups is 1. The Hall–Kier alpha value is -0.520. The Morgan fingerprint density at radius 3 is 2.88 bits per heavy atom. The van der Waals surface area contributed by atoms with Gasteiger partial charge in [0.2, 0.25) is 0 Å². The third-order valence-corrected chi connectivity index (χ3v) is 4.60. The lowest BCUT2D eigenvalue weighted by Crippen LogP contribution is -2.16. The first-order valence-electron chi connectivity index (χ1n) is 5.64. The number of carboxylic acid groups (broad SMARTS) is 1. The molecular formula is C12H19NO2S2. The summed E-state index contributed by atoms with van der Waals surface area (Å²) in [6.45, 7) is 4.07. The van der Waals surface area contributed by atoms with Crippen molar-refractivity contribution in [2.75, 3.05) is 12.8 Å². The van der Waals surface area contributed by atoms with Crippen molar-refractivity contribution in [1.82, 2.24) is 5.32 Å². The molecule has 1 heterocycles. The van der Waals surface area contributed by atoms with Gasteiger partial charge in [0, 0.05) is 21.5 Å². The molecular weight excluding hydrogens is 254 g/mol. The SMILES string of the molecule is CSC(C)CCNCc1ccc(CC(=O)O)s1. The van der Waals surface area contributed by atoms with Crippen LogP contribution in [0.3, 0.4) is 0 Å². The van der Waals surface area contributed by atoms with Crippen molar-refractivity contribution in [1.29, 1.82) is 0 Å². The summed E-state index contributed by atoms with van der Waals surface area (Å²) in [5.74, 6) is -0.764. The molecule has 2 N–H and O–H groups in total. The van der Waals surface area contributed by atoms with Gasteiger partial charge in [-0.1, -0.05) is 6.92 Å². The molecule has 0 radical (unpaired) electrons. The molecule has 0 fully saturated rings. The van der Waals surface area contributed by atoms with Crippen LogP contribution in [0.2, 0.25) is 0 Å². The number of aliphatic carboxylic acids is 1. The van der Waals surface area contributed by atoms with Crippen LogP contribution >= 0.6 is 23.1 Å². The Labute approximate surface area is 111 Å². The lowest BCUT2D eigenvalue weighted by Gasteiger charge is -2.08. The maximum absolute atomic E-state index is 10.5. The van der Waals surface area contributed by atoms with Crippen LogP contribution in [0.5, 0.6) is 0 Å². The zero-order valence-electron chi connectivity index (χ0n) is 10.2. The second-order valence-electron chi connectivity index (χ2n) is 3.95. The van der Waals surface area contributed by atoms with Gasteiger partial charge in [-0.25, -0.2) is 0 Å². The van der Waals surface area contributed by atoms with Crippen LogP contribution < -0.4 is 5.32 Å². The number of carboxylic acids is 1. The molecule has 0 amide bonds. The second-order valence-corrected chi connectivity index (χ2v) is 6.48. The number of carbonyl (C=O) groups is 1. The highest BCUT2D eigenvalue weighted by atomic mass is 32.2. The van der Waals surface area contributed by atoms with Gasteiger partial charge >= 0.3 is 5.97 Å². The minimum Gasteiger partial charge on any atom is -0.481 e. The van der Waals surface area contributed by atoms with Crippen molar-refractivity contribution < 1.29 is 9.90 Å². The molecule has 0 aliphatic heterocycles. The molecule has 0 aromatic carbocycles. The standard InChI is InChI=1S/C12H19NO2S2/c1-9(16-2)5-6-13-8-11-4-3-10(17-11)7-12(14)15/h3-4,9,13H,5-8H2,1-2H3,(H,14,15). The first-order valence-corrected chi connectivity index (χ1v) is 7.75. The monoisotopic (exact) mass is 273 g/mol. The molecule has 0 bridgehead atoms. The summed E-state index contributed by atoms with van der Waals surface area (Å²) >= 11 is 3.46. The van der Waals surface area contributed by atoms with Gasteiger partial charge in [-0.05, 0) is 31.4 Å². The van der Waals surface area contributed by atoms with Gasteiger partial charge in [-0.2, -0.15) is 11.8 Å². The fourth-order valence-electron chi connectivity index (χ4n) is 1.40. The van der Waals surface area contributed by atoms with E-state index in [1.165, 1.54) is 4.88 Å². The topological polar surface area (TPSA) is 49.3 Å². The van der Waals surface area contributed by atoms with E-state index in [0.29, 0.717) is 5.25 Å². The minimum atomic E-state index is -0.764. The Bertz CT molecular complexity index is 352. The highest BCUT2D eigenvalue weighted by Gasteiger charge is 2.04. The molecule has 96 valence electrons. The molecule has 1 rings (SSSR count). The summed E-state index contributed by atoms with van der Waals surface area (Å²) in [5.41, 5.74) is 0. The van der Waals surface area contributed by atoms with Crippen LogP contribution in [0, 0.1) is 0 Å². The number of hydrogen-bond acceptors (Lipinski definition) is 4. The number of thiophene rings is 1. The van der Waals surface area contributed by atoms with E-state index >= 15 is 0 Å². The highest BCUT2D eigenvalue weighted by Crippen LogP contribution is 2.17. The zero-order valence-corrected chi connectivity index (χ0v) is 11.9. The number of hydrogen-bond donors (Lipinski definition) is 2. The molecule has 1 unspecified atom stereocenters.